The number of hydrogen-bond acceptors (Lipinski definition) is 1. The molecule has 0 radical (unpaired) electrons. The molecule has 0 bridgehead atoms. The Hall–Kier alpha value is -2.74. The van der Waals surface area contributed by atoms with Crippen molar-refractivity contribution in [1.29, 1.82) is 0 Å². The molecule has 0 fully saturated rings. The highest BCUT2D eigenvalue weighted by atomic mass is 35.5. The first kappa shape index (κ1) is 20.5. The Bertz CT molecular complexity index is 1150. The number of halogens is 2. The van der Waals surface area contributed by atoms with Crippen LogP contribution in [0.4, 0.5) is 0 Å². The Morgan fingerprint density at radius 3 is 2.07 bits per heavy atom. The highest BCUT2D eigenvalue weighted by molar-refractivity contribution is 6.35. The molecule has 0 aliphatic heterocycles. The Morgan fingerprint density at radius 1 is 0.667 bits per heavy atom. The Kier molecular flexibility index (Phi) is 5.85. The van der Waals surface area contributed by atoms with Crippen LogP contribution in [0.25, 0.3) is 0 Å². The molecule has 0 aliphatic rings. The largest absolute Gasteiger partial charge is 0.457 e. The summed E-state index contributed by atoms with van der Waals surface area (Å²) >= 11 is 12.9. The zero-order chi connectivity index (χ0) is 21.1. The van der Waals surface area contributed by atoms with E-state index < -0.39 is 5.41 Å². The maximum atomic E-state index is 6.70. The van der Waals surface area contributed by atoms with Gasteiger partial charge in [0.25, 0.3) is 0 Å². The molecule has 0 amide bonds. The van der Waals surface area contributed by atoms with Gasteiger partial charge in [0.15, 0.2) is 0 Å². The smallest absolute Gasteiger partial charge is 0.127 e. The molecular weight excluding hydrogens is 411 g/mol. The van der Waals surface area contributed by atoms with Gasteiger partial charge in [0, 0.05) is 15.5 Å². The summed E-state index contributed by atoms with van der Waals surface area (Å²) in [6.45, 7) is 4.28. The summed E-state index contributed by atoms with van der Waals surface area (Å²) in [6, 6.07) is 32.2. The Labute approximate surface area is 187 Å². The highest BCUT2D eigenvalue weighted by Crippen LogP contribution is 2.43. The van der Waals surface area contributed by atoms with Crippen molar-refractivity contribution in [3.63, 3.8) is 0 Å². The minimum absolute atomic E-state index is 0.481. The monoisotopic (exact) mass is 432 g/mol. The van der Waals surface area contributed by atoms with Crippen LogP contribution >= 0.6 is 23.2 Å². The fourth-order valence-electron chi connectivity index (χ4n) is 3.75. The number of benzene rings is 4. The molecule has 30 heavy (non-hydrogen) atoms. The second-order valence-corrected chi connectivity index (χ2v) is 8.40. The molecule has 0 saturated carbocycles. The molecule has 4 rings (SSSR count). The van der Waals surface area contributed by atoms with Gasteiger partial charge in [-0.1, -0.05) is 89.4 Å². The van der Waals surface area contributed by atoms with Crippen LogP contribution in [0.3, 0.4) is 0 Å². The number of hydrogen-bond donors (Lipinski definition) is 0. The lowest BCUT2D eigenvalue weighted by Crippen LogP contribution is -2.26. The molecule has 4 aromatic carbocycles. The third-order valence-corrected chi connectivity index (χ3v) is 6.04. The predicted molar refractivity (Wildman–Crippen MR) is 126 cm³/mol. The molecule has 0 N–H and O–H groups in total. The van der Waals surface area contributed by atoms with Crippen LogP contribution in [-0.2, 0) is 5.41 Å². The summed E-state index contributed by atoms with van der Waals surface area (Å²) in [6.07, 6.45) is 0. The summed E-state index contributed by atoms with van der Waals surface area (Å²) in [5.41, 5.74) is 3.96. The normalized spacial score (nSPS) is 12.9. The second-order valence-electron chi connectivity index (χ2n) is 7.56. The van der Waals surface area contributed by atoms with Gasteiger partial charge in [-0.05, 0) is 66.9 Å². The van der Waals surface area contributed by atoms with Gasteiger partial charge in [-0.2, -0.15) is 0 Å². The molecule has 4 aromatic rings. The first-order valence-corrected chi connectivity index (χ1v) is 10.6. The lowest BCUT2D eigenvalue weighted by Gasteiger charge is -2.33. The van der Waals surface area contributed by atoms with E-state index in [0.717, 1.165) is 28.2 Å². The molecule has 0 aromatic heterocycles. The summed E-state index contributed by atoms with van der Waals surface area (Å²) in [4.78, 5) is 0. The zero-order valence-corrected chi connectivity index (χ0v) is 18.4. The van der Waals surface area contributed by atoms with Gasteiger partial charge in [0.2, 0.25) is 0 Å². The van der Waals surface area contributed by atoms with Crippen molar-refractivity contribution in [1.82, 2.24) is 0 Å². The third-order valence-electron chi connectivity index (χ3n) is 5.49. The fraction of sp³-hybridized carbons (Fsp3) is 0.111. The molecular formula is C27H22Cl2O. The minimum atomic E-state index is -0.481. The number of ether oxygens (including phenoxy) is 1. The van der Waals surface area contributed by atoms with Crippen molar-refractivity contribution >= 4 is 23.2 Å². The first-order chi connectivity index (χ1) is 14.5. The van der Waals surface area contributed by atoms with Gasteiger partial charge in [-0.25, -0.2) is 0 Å². The van der Waals surface area contributed by atoms with E-state index in [0.29, 0.717) is 10.0 Å². The lowest BCUT2D eigenvalue weighted by molar-refractivity contribution is 0.480. The predicted octanol–water partition coefficient (Wildman–Crippen LogP) is 8.45. The summed E-state index contributed by atoms with van der Waals surface area (Å²) in [7, 11) is 0. The average Bonchev–Trinajstić information content (AvgIpc) is 2.75. The molecule has 1 atom stereocenters. The molecule has 0 spiro atoms. The van der Waals surface area contributed by atoms with Crippen LogP contribution in [0.2, 0.25) is 10.0 Å². The van der Waals surface area contributed by atoms with Crippen molar-refractivity contribution in [2.75, 3.05) is 0 Å². The van der Waals surface area contributed by atoms with Gasteiger partial charge in [-0.15, -0.1) is 0 Å². The standard InChI is InChI=1S/C27H22Cl2O/c1-19-11-13-20(14-12-19)27(2,25-16-15-22(28)18-26(25)29)21-7-6-10-24(17-21)30-23-8-4-3-5-9-23/h3-18H,1-2H3. The van der Waals surface area contributed by atoms with Gasteiger partial charge < -0.3 is 4.74 Å². The summed E-state index contributed by atoms with van der Waals surface area (Å²) < 4.78 is 6.10. The van der Waals surface area contributed by atoms with E-state index >= 15 is 0 Å². The lowest BCUT2D eigenvalue weighted by atomic mass is 9.71. The second kappa shape index (κ2) is 8.55. The van der Waals surface area contributed by atoms with Crippen molar-refractivity contribution in [2.24, 2.45) is 0 Å². The van der Waals surface area contributed by atoms with E-state index in [1.54, 1.807) is 6.07 Å². The van der Waals surface area contributed by atoms with E-state index in [1.165, 1.54) is 5.56 Å². The van der Waals surface area contributed by atoms with Crippen molar-refractivity contribution in [3.8, 4) is 11.5 Å². The number of aryl methyl sites for hydroxylation is 1. The van der Waals surface area contributed by atoms with Gasteiger partial charge in [-0.3, -0.25) is 0 Å². The van der Waals surface area contributed by atoms with E-state index in [-0.39, 0.29) is 0 Å². The average molecular weight is 433 g/mol. The van der Waals surface area contributed by atoms with E-state index in [9.17, 15) is 0 Å². The number of rotatable bonds is 5. The van der Waals surface area contributed by atoms with E-state index in [4.69, 9.17) is 27.9 Å². The third kappa shape index (κ3) is 4.09. The molecule has 3 heteroatoms. The van der Waals surface area contributed by atoms with Crippen LogP contribution in [0, 0.1) is 6.92 Å². The zero-order valence-electron chi connectivity index (χ0n) is 16.9. The molecule has 0 heterocycles. The molecule has 0 aliphatic carbocycles. The van der Waals surface area contributed by atoms with E-state index in [1.807, 2.05) is 54.6 Å². The minimum Gasteiger partial charge on any atom is -0.457 e. The maximum absolute atomic E-state index is 6.70. The van der Waals surface area contributed by atoms with Crippen LogP contribution in [0.1, 0.15) is 29.2 Å². The van der Waals surface area contributed by atoms with E-state index in [2.05, 4.69) is 50.2 Å². The van der Waals surface area contributed by atoms with Gasteiger partial charge in [0.1, 0.15) is 11.5 Å². The van der Waals surface area contributed by atoms with Gasteiger partial charge >= 0.3 is 0 Å². The van der Waals surface area contributed by atoms with Crippen molar-refractivity contribution in [2.45, 2.75) is 19.3 Å². The molecule has 150 valence electrons. The molecule has 0 saturated heterocycles. The fourth-order valence-corrected chi connectivity index (χ4v) is 4.35. The topological polar surface area (TPSA) is 9.23 Å². The SMILES string of the molecule is Cc1ccc(C(C)(c2cccc(Oc3ccccc3)c2)c2ccc(Cl)cc2Cl)cc1. The first-order valence-electron chi connectivity index (χ1n) is 9.83. The maximum Gasteiger partial charge on any atom is 0.127 e. The van der Waals surface area contributed by atoms with Crippen LogP contribution in [0.5, 0.6) is 11.5 Å². The molecule has 1 unspecified atom stereocenters. The number of para-hydroxylation sites is 1. The quantitative estimate of drug-likeness (QED) is 0.287. The highest BCUT2D eigenvalue weighted by Gasteiger charge is 2.33. The summed E-state index contributed by atoms with van der Waals surface area (Å²) in [5, 5.41) is 1.26. The van der Waals surface area contributed by atoms with Crippen LogP contribution in [-0.4, -0.2) is 0 Å². The van der Waals surface area contributed by atoms with Crippen molar-refractivity contribution in [3.05, 3.63) is 129 Å². The van der Waals surface area contributed by atoms with Crippen LogP contribution < -0.4 is 4.74 Å². The molecule has 1 nitrogen and oxygen atoms in total. The Balaban J connectivity index is 1.86. The van der Waals surface area contributed by atoms with Crippen LogP contribution in [0.15, 0.2) is 97.1 Å². The van der Waals surface area contributed by atoms with Gasteiger partial charge in [0.05, 0.1) is 0 Å². The summed E-state index contributed by atoms with van der Waals surface area (Å²) in [5.74, 6) is 1.58. The Morgan fingerprint density at radius 2 is 1.37 bits per heavy atom. The van der Waals surface area contributed by atoms with Crippen molar-refractivity contribution < 1.29 is 4.74 Å².